The van der Waals surface area contributed by atoms with E-state index in [0.717, 1.165) is 0 Å². The Bertz CT molecular complexity index is 541. The van der Waals surface area contributed by atoms with Gasteiger partial charge < -0.3 is 4.74 Å². The van der Waals surface area contributed by atoms with Gasteiger partial charge in [0.25, 0.3) is 0 Å². The summed E-state index contributed by atoms with van der Waals surface area (Å²) < 4.78 is 18.2. The van der Waals surface area contributed by atoms with Crippen molar-refractivity contribution in [1.82, 2.24) is 9.97 Å². The molecule has 4 nitrogen and oxygen atoms in total. The normalized spacial score (nSPS) is 10.0. The standard InChI is InChI=1S/C12H9FN2O2/c1-17-12-14-5-10(6-15-12)8-2-3-9(7-16)11(13)4-8/h2-7H,1H3. The molecule has 1 heterocycles. The molecule has 0 N–H and O–H groups in total. The van der Waals surface area contributed by atoms with Crippen molar-refractivity contribution in [2.75, 3.05) is 7.11 Å². The zero-order valence-corrected chi connectivity index (χ0v) is 9.05. The molecule has 0 amide bonds. The SMILES string of the molecule is COc1ncc(-c2ccc(C=O)c(F)c2)cn1. The molecule has 0 saturated heterocycles. The van der Waals surface area contributed by atoms with E-state index in [9.17, 15) is 9.18 Å². The van der Waals surface area contributed by atoms with Crippen molar-refractivity contribution in [3.63, 3.8) is 0 Å². The van der Waals surface area contributed by atoms with Crippen LogP contribution in [0.3, 0.4) is 0 Å². The van der Waals surface area contributed by atoms with E-state index in [0.29, 0.717) is 17.4 Å². The van der Waals surface area contributed by atoms with Crippen LogP contribution in [0.1, 0.15) is 10.4 Å². The number of methoxy groups -OCH3 is 1. The van der Waals surface area contributed by atoms with Crippen molar-refractivity contribution >= 4 is 6.29 Å². The minimum Gasteiger partial charge on any atom is -0.467 e. The highest BCUT2D eigenvalue weighted by Gasteiger charge is 2.05. The maximum absolute atomic E-state index is 13.4. The second kappa shape index (κ2) is 4.69. The Balaban J connectivity index is 2.38. The Morgan fingerprint density at radius 1 is 1.24 bits per heavy atom. The van der Waals surface area contributed by atoms with Gasteiger partial charge >= 0.3 is 6.01 Å². The monoisotopic (exact) mass is 232 g/mol. The number of halogens is 1. The lowest BCUT2D eigenvalue weighted by molar-refractivity contribution is 0.112. The number of carbonyl (C=O) groups is 1. The van der Waals surface area contributed by atoms with Crippen molar-refractivity contribution in [1.29, 1.82) is 0 Å². The first-order valence-corrected chi connectivity index (χ1v) is 4.85. The van der Waals surface area contributed by atoms with Gasteiger partial charge in [-0.05, 0) is 17.7 Å². The Kier molecular flexibility index (Phi) is 3.09. The average Bonchev–Trinajstić information content (AvgIpc) is 2.39. The van der Waals surface area contributed by atoms with Crippen molar-refractivity contribution < 1.29 is 13.9 Å². The van der Waals surface area contributed by atoms with Crippen LogP contribution in [0.5, 0.6) is 6.01 Å². The first-order chi connectivity index (χ1) is 8.24. The van der Waals surface area contributed by atoms with E-state index in [2.05, 4.69) is 9.97 Å². The predicted octanol–water partition coefficient (Wildman–Crippen LogP) is 2.10. The van der Waals surface area contributed by atoms with Crippen LogP contribution >= 0.6 is 0 Å². The minimum atomic E-state index is -0.562. The number of carbonyl (C=O) groups excluding carboxylic acids is 1. The number of nitrogens with zero attached hydrogens (tertiary/aromatic N) is 2. The number of benzene rings is 1. The van der Waals surface area contributed by atoms with Gasteiger partial charge in [0.05, 0.1) is 12.7 Å². The number of aromatic nitrogens is 2. The lowest BCUT2D eigenvalue weighted by atomic mass is 10.1. The molecule has 0 bridgehead atoms. The summed E-state index contributed by atoms with van der Waals surface area (Å²) in [4.78, 5) is 18.3. The molecule has 0 saturated carbocycles. The summed E-state index contributed by atoms with van der Waals surface area (Å²) in [6, 6.07) is 4.58. The van der Waals surface area contributed by atoms with Crippen LogP contribution in [0.25, 0.3) is 11.1 Å². The summed E-state index contributed by atoms with van der Waals surface area (Å²) in [5, 5.41) is 0. The van der Waals surface area contributed by atoms with Gasteiger partial charge in [-0.25, -0.2) is 14.4 Å². The van der Waals surface area contributed by atoms with E-state index in [1.54, 1.807) is 6.07 Å². The maximum Gasteiger partial charge on any atom is 0.316 e. The molecule has 0 fully saturated rings. The minimum absolute atomic E-state index is 0.0307. The van der Waals surface area contributed by atoms with Gasteiger partial charge in [0, 0.05) is 18.0 Å². The summed E-state index contributed by atoms with van der Waals surface area (Å²) in [7, 11) is 1.47. The molecule has 1 aromatic heterocycles. The van der Waals surface area contributed by atoms with Gasteiger partial charge in [-0.1, -0.05) is 6.07 Å². The number of hydrogen-bond donors (Lipinski definition) is 0. The van der Waals surface area contributed by atoms with Crippen LogP contribution in [0.2, 0.25) is 0 Å². The van der Waals surface area contributed by atoms with Gasteiger partial charge in [0.1, 0.15) is 5.82 Å². The molecule has 0 aliphatic carbocycles. The van der Waals surface area contributed by atoms with Gasteiger partial charge in [-0.3, -0.25) is 4.79 Å². The van der Waals surface area contributed by atoms with Crippen molar-refractivity contribution in [3.8, 4) is 17.1 Å². The Hall–Kier alpha value is -2.30. The number of aldehydes is 1. The van der Waals surface area contributed by atoms with Crippen LogP contribution in [0.15, 0.2) is 30.6 Å². The van der Waals surface area contributed by atoms with Gasteiger partial charge in [0.15, 0.2) is 6.29 Å². The fraction of sp³-hybridized carbons (Fsp3) is 0.0833. The third kappa shape index (κ3) is 2.28. The number of hydrogen-bond acceptors (Lipinski definition) is 4. The van der Waals surface area contributed by atoms with Crippen molar-refractivity contribution in [3.05, 3.63) is 42.0 Å². The summed E-state index contributed by atoms with van der Waals surface area (Å²) in [5.74, 6) is -0.562. The smallest absolute Gasteiger partial charge is 0.316 e. The maximum atomic E-state index is 13.4. The van der Waals surface area contributed by atoms with Crippen molar-refractivity contribution in [2.24, 2.45) is 0 Å². The van der Waals surface area contributed by atoms with Gasteiger partial charge in [-0.15, -0.1) is 0 Å². The Labute approximate surface area is 97.1 Å². The zero-order valence-electron chi connectivity index (χ0n) is 9.05. The molecule has 0 spiro atoms. The second-order valence-corrected chi connectivity index (χ2v) is 3.31. The molecule has 5 heteroatoms. The highest BCUT2D eigenvalue weighted by atomic mass is 19.1. The summed E-state index contributed by atoms with van der Waals surface area (Å²) in [5.41, 5.74) is 1.29. The number of rotatable bonds is 3. The van der Waals surface area contributed by atoms with Gasteiger partial charge in [-0.2, -0.15) is 0 Å². The molecule has 2 aromatic rings. The highest BCUT2D eigenvalue weighted by Crippen LogP contribution is 2.20. The van der Waals surface area contributed by atoms with E-state index in [4.69, 9.17) is 4.74 Å². The largest absolute Gasteiger partial charge is 0.467 e. The third-order valence-electron chi connectivity index (χ3n) is 2.27. The van der Waals surface area contributed by atoms with E-state index in [-0.39, 0.29) is 11.6 Å². The third-order valence-corrected chi connectivity index (χ3v) is 2.27. The molecular weight excluding hydrogens is 223 g/mol. The van der Waals surface area contributed by atoms with E-state index in [1.165, 1.54) is 31.6 Å². The summed E-state index contributed by atoms with van der Waals surface area (Å²) in [6.07, 6.45) is 3.53. The zero-order chi connectivity index (χ0) is 12.3. The Morgan fingerprint density at radius 3 is 2.47 bits per heavy atom. The highest BCUT2D eigenvalue weighted by molar-refractivity contribution is 5.77. The molecule has 1 aromatic carbocycles. The number of ether oxygens (including phenoxy) is 1. The molecule has 0 aliphatic rings. The molecular formula is C12H9FN2O2. The first-order valence-electron chi connectivity index (χ1n) is 4.85. The van der Waals surface area contributed by atoms with Crippen LogP contribution < -0.4 is 4.74 Å². The van der Waals surface area contributed by atoms with Crippen LogP contribution in [0.4, 0.5) is 4.39 Å². The van der Waals surface area contributed by atoms with E-state index in [1.807, 2.05) is 0 Å². The molecule has 0 atom stereocenters. The lowest BCUT2D eigenvalue weighted by Gasteiger charge is -2.03. The molecule has 17 heavy (non-hydrogen) atoms. The quantitative estimate of drug-likeness (QED) is 0.760. The second-order valence-electron chi connectivity index (χ2n) is 3.31. The molecule has 0 radical (unpaired) electrons. The molecule has 86 valence electrons. The molecule has 0 unspecified atom stereocenters. The first kappa shape index (κ1) is 11.2. The average molecular weight is 232 g/mol. The van der Waals surface area contributed by atoms with Crippen LogP contribution in [-0.4, -0.2) is 23.4 Å². The predicted molar refractivity (Wildman–Crippen MR) is 59.4 cm³/mol. The van der Waals surface area contributed by atoms with Crippen LogP contribution in [-0.2, 0) is 0 Å². The van der Waals surface area contributed by atoms with Crippen molar-refractivity contribution in [2.45, 2.75) is 0 Å². The lowest BCUT2D eigenvalue weighted by Crippen LogP contribution is -1.93. The summed E-state index contributed by atoms with van der Waals surface area (Å²) >= 11 is 0. The fourth-order valence-electron chi connectivity index (χ4n) is 1.37. The Morgan fingerprint density at radius 2 is 1.94 bits per heavy atom. The molecule has 0 aliphatic heterocycles. The summed E-state index contributed by atoms with van der Waals surface area (Å²) in [6.45, 7) is 0. The fourth-order valence-corrected chi connectivity index (χ4v) is 1.37. The van der Waals surface area contributed by atoms with Crippen LogP contribution in [0, 0.1) is 5.82 Å². The van der Waals surface area contributed by atoms with Gasteiger partial charge in [0.2, 0.25) is 0 Å². The van der Waals surface area contributed by atoms with E-state index < -0.39 is 5.82 Å². The van der Waals surface area contributed by atoms with E-state index >= 15 is 0 Å². The molecule has 2 rings (SSSR count). The topological polar surface area (TPSA) is 52.1 Å².